The first-order chi connectivity index (χ1) is 11.3. The molecule has 0 aliphatic heterocycles. The van der Waals surface area contributed by atoms with Gasteiger partial charge in [-0.2, -0.15) is 13.2 Å². The third kappa shape index (κ3) is 5.04. The number of para-hydroxylation sites is 1. The van der Waals surface area contributed by atoms with E-state index in [-0.39, 0.29) is 23.7 Å². The van der Waals surface area contributed by atoms with Gasteiger partial charge >= 0.3 is 6.18 Å². The molecule has 2 aromatic carbocycles. The number of carbonyl (C=O) groups excluding carboxylic acids is 1. The number of anilines is 2. The molecule has 2 aromatic rings. The molecule has 0 aliphatic carbocycles. The van der Waals surface area contributed by atoms with Crippen molar-refractivity contribution in [2.45, 2.75) is 12.6 Å². The largest absolute Gasteiger partial charge is 0.418 e. The topological polar surface area (TPSA) is 41.1 Å². The van der Waals surface area contributed by atoms with Crippen LogP contribution >= 0.6 is 23.2 Å². The van der Waals surface area contributed by atoms with Crippen molar-refractivity contribution in [2.24, 2.45) is 0 Å². The first-order valence-corrected chi connectivity index (χ1v) is 7.68. The van der Waals surface area contributed by atoms with E-state index in [0.29, 0.717) is 10.7 Å². The van der Waals surface area contributed by atoms with Crippen LogP contribution in [0, 0.1) is 0 Å². The molecule has 0 atom stereocenters. The third-order valence-corrected chi connectivity index (χ3v) is 3.67. The van der Waals surface area contributed by atoms with Crippen LogP contribution in [0.1, 0.15) is 12.0 Å². The fourth-order valence-corrected chi connectivity index (χ4v) is 2.36. The predicted octanol–water partition coefficient (Wildman–Crippen LogP) is 5.45. The van der Waals surface area contributed by atoms with E-state index in [2.05, 4.69) is 10.6 Å². The molecule has 0 unspecified atom stereocenters. The van der Waals surface area contributed by atoms with Crippen LogP contribution in [0.2, 0.25) is 10.0 Å². The molecule has 2 rings (SSSR count). The molecule has 0 spiro atoms. The minimum absolute atomic E-state index is 0.0227. The van der Waals surface area contributed by atoms with Crippen LogP contribution in [0.15, 0.2) is 42.5 Å². The molecule has 8 heteroatoms. The lowest BCUT2D eigenvalue weighted by Crippen LogP contribution is -2.19. The van der Waals surface area contributed by atoms with Crippen molar-refractivity contribution >= 4 is 40.5 Å². The Kier molecular flexibility index (Phi) is 5.96. The fourth-order valence-electron chi connectivity index (χ4n) is 1.99. The van der Waals surface area contributed by atoms with Gasteiger partial charge in [-0.15, -0.1) is 0 Å². The zero-order valence-corrected chi connectivity index (χ0v) is 13.8. The lowest BCUT2D eigenvalue weighted by molar-refractivity contribution is -0.137. The second-order valence-electron chi connectivity index (χ2n) is 4.89. The van der Waals surface area contributed by atoms with Gasteiger partial charge in [-0.3, -0.25) is 4.79 Å². The van der Waals surface area contributed by atoms with E-state index in [1.165, 1.54) is 6.07 Å². The summed E-state index contributed by atoms with van der Waals surface area (Å²) in [5, 5.41) is 5.64. The van der Waals surface area contributed by atoms with Gasteiger partial charge < -0.3 is 10.6 Å². The molecule has 24 heavy (non-hydrogen) atoms. The smallest absolute Gasteiger partial charge is 0.383 e. The summed E-state index contributed by atoms with van der Waals surface area (Å²) in [6.07, 6.45) is -4.63. The minimum Gasteiger partial charge on any atom is -0.383 e. The summed E-state index contributed by atoms with van der Waals surface area (Å²) in [5.41, 5.74) is -0.661. The Labute approximate surface area is 146 Å². The Morgan fingerprint density at radius 2 is 1.75 bits per heavy atom. The Balaban J connectivity index is 1.97. The highest BCUT2D eigenvalue weighted by Gasteiger charge is 2.34. The molecular formula is C16H13Cl2F3N2O. The van der Waals surface area contributed by atoms with Crippen molar-refractivity contribution in [3.63, 3.8) is 0 Å². The summed E-state index contributed by atoms with van der Waals surface area (Å²) in [4.78, 5) is 11.9. The zero-order valence-electron chi connectivity index (χ0n) is 12.3. The average Bonchev–Trinajstić information content (AvgIpc) is 2.50. The van der Waals surface area contributed by atoms with Gasteiger partial charge in [-0.1, -0.05) is 35.3 Å². The lowest BCUT2D eigenvalue weighted by atomic mass is 10.1. The van der Waals surface area contributed by atoms with Crippen molar-refractivity contribution in [1.82, 2.24) is 0 Å². The molecule has 2 N–H and O–H groups in total. The quantitative estimate of drug-likeness (QED) is 0.727. The fraction of sp³-hybridized carbons (Fsp3) is 0.188. The van der Waals surface area contributed by atoms with Crippen molar-refractivity contribution in [3.8, 4) is 0 Å². The molecule has 1 amide bonds. The van der Waals surface area contributed by atoms with Crippen LogP contribution in [-0.2, 0) is 11.0 Å². The maximum atomic E-state index is 13.0. The summed E-state index contributed by atoms with van der Waals surface area (Å²) in [5.74, 6) is -0.553. The number of benzene rings is 2. The first-order valence-electron chi connectivity index (χ1n) is 6.92. The highest BCUT2D eigenvalue weighted by Crippen LogP contribution is 2.36. The van der Waals surface area contributed by atoms with Crippen LogP contribution in [-0.4, -0.2) is 12.5 Å². The van der Waals surface area contributed by atoms with Gasteiger partial charge in [0.1, 0.15) is 0 Å². The van der Waals surface area contributed by atoms with Gasteiger partial charge in [0.05, 0.1) is 22.0 Å². The van der Waals surface area contributed by atoms with E-state index >= 15 is 0 Å². The van der Waals surface area contributed by atoms with Gasteiger partial charge in [0, 0.05) is 18.0 Å². The molecule has 0 aromatic heterocycles. The summed E-state index contributed by atoms with van der Waals surface area (Å²) < 4.78 is 38.9. The van der Waals surface area contributed by atoms with Crippen molar-refractivity contribution in [2.75, 3.05) is 17.2 Å². The minimum atomic E-state index is -4.61. The van der Waals surface area contributed by atoms with Crippen LogP contribution in [0.4, 0.5) is 24.5 Å². The normalized spacial score (nSPS) is 11.2. The molecular weight excluding hydrogens is 364 g/mol. The predicted molar refractivity (Wildman–Crippen MR) is 89.6 cm³/mol. The molecule has 0 aliphatic rings. The van der Waals surface area contributed by atoms with Crippen LogP contribution in [0.25, 0.3) is 0 Å². The maximum Gasteiger partial charge on any atom is 0.418 e. The second kappa shape index (κ2) is 7.77. The zero-order chi connectivity index (χ0) is 17.7. The van der Waals surface area contributed by atoms with Crippen molar-refractivity contribution in [3.05, 3.63) is 58.1 Å². The number of nitrogens with one attached hydrogen (secondary N) is 2. The Bertz CT molecular complexity index is 736. The second-order valence-corrected chi connectivity index (χ2v) is 5.74. The SMILES string of the molecule is O=C(CCNc1ccccc1Cl)Nc1ccc(Cl)cc1C(F)(F)F. The summed E-state index contributed by atoms with van der Waals surface area (Å²) in [6.45, 7) is 0.227. The Morgan fingerprint density at radius 3 is 2.42 bits per heavy atom. The number of amides is 1. The monoisotopic (exact) mass is 376 g/mol. The number of carbonyl (C=O) groups is 1. The molecule has 0 saturated carbocycles. The number of hydrogen-bond donors (Lipinski definition) is 2. The third-order valence-electron chi connectivity index (χ3n) is 3.10. The summed E-state index contributed by atoms with van der Waals surface area (Å²) >= 11 is 11.5. The van der Waals surface area contributed by atoms with E-state index in [1.807, 2.05) is 0 Å². The van der Waals surface area contributed by atoms with Crippen LogP contribution in [0.3, 0.4) is 0 Å². The van der Waals surface area contributed by atoms with E-state index in [4.69, 9.17) is 23.2 Å². The van der Waals surface area contributed by atoms with Gasteiger partial charge in [0.2, 0.25) is 5.91 Å². The van der Waals surface area contributed by atoms with E-state index < -0.39 is 17.6 Å². The standard InChI is InChI=1S/C16H13Cl2F3N2O/c17-10-5-6-13(11(9-10)16(19,20)21)23-15(24)7-8-22-14-4-2-1-3-12(14)18/h1-6,9,22H,7-8H2,(H,23,24). The van der Waals surface area contributed by atoms with E-state index in [0.717, 1.165) is 12.1 Å². The number of halogens is 5. The number of alkyl halides is 3. The molecule has 0 heterocycles. The van der Waals surface area contributed by atoms with E-state index in [9.17, 15) is 18.0 Å². The van der Waals surface area contributed by atoms with Gasteiger partial charge in [0.25, 0.3) is 0 Å². The summed E-state index contributed by atoms with van der Waals surface area (Å²) in [6, 6.07) is 10.2. The maximum absolute atomic E-state index is 13.0. The van der Waals surface area contributed by atoms with Gasteiger partial charge in [-0.05, 0) is 30.3 Å². The molecule has 0 saturated heterocycles. The highest BCUT2D eigenvalue weighted by atomic mass is 35.5. The van der Waals surface area contributed by atoms with Gasteiger partial charge in [0.15, 0.2) is 0 Å². The van der Waals surface area contributed by atoms with Crippen molar-refractivity contribution < 1.29 is 18.0 Å². The summed E-state index contributed by atoms with van der Waals surface area (Å²) in [7, 11) is 0. The number of rotatable bonds is 5. The molecule has 0 bridgehead atoms. The van der Waals surface area contributed by atoms with Crippen molar-refractivity contribution in [1.29, 1.82) is 0 Å². The molecule has 3 nitrogen and oxygen atoms in total. The Morgan fingerprint density at radius 1 is 1.04 bits per heavy atom. The van der Waals surface area contributed by atoms with Crippen LogP contribution in [0.5, 0.6) is 0 Å². The average molecular weight is 377 g/mol. The lowest BCUT2D eigenvalue weighted by Gasteiger charge is -2.14. The molecule has 0 fully saturated rings. The molecule has 0 radical (unpaired) electrons. The molecule has 128 valence electrons. The first kappa shape index (κ1) is 18.4. The number of hydrogen-bond acceptors (Lipinski definition) is 2. The van der Waals surface area contributed by atoms with Gasteiger partial charge in [-0.25, -0.2) is 0 Å². The highest BCUT2D eigenvalue weighted by molar-refractivity contribution is 6.33. The Hall–Kier alpha value is -1.92. The van der Waals surface area contributed by atoms with Crippen LogP contribution < -0.4 is 10.6 Å². The van der Waals surface area contributed by atoms with E-state index in [1.54, 1.807) is 24.3 Å².